The quantitative estimate of drug-likeness (QED) is 0.116. The zero-order chi connectivity index (χ0) is 45.5. The molecule has 9 rings (SSSR count). The lowest BCUT2D eigenvalue weighted by Gasteiger charge is -2.09. The van der Waals surface area contributed by atoms with Gasteiger partial charge in [0.15, 0.2) is 29.0 Å². The second-order valence-corrected chi connectivity index (χ2v) is 14.5. The topological polar surface area (TPSA) is 170 Å². The zero-order valence-corrected chi connectivity index (χ0v) is 35.6. The molecule has 9 aromatic rings. The predicted molar refractivity (Wildman–Crippen MR) is 254 cm³/mol. The van der Waals surface area contributed by atoms with E-state index in [2.05, 4.69) is 62.3 Å². The summed E-state index contributed by atoms with van der Waals surface area (Å²) in [7, 11) is -1.46. The van der Waals surface area contributed by atoms with Crippen LogP contribution in [-0.2, 0) is 0 Å². The number of hydrogen-bond acceptors (Lipinski definition) is 10. The van der Waals surface area contributed by atoms with Gasteiger partial charge in [-0.1, -0.05) is 146 Å². The van der Waals surface area contributed by atoms with Gasteiger partial charge in [0.05, 0.1) is 29.8 Å². The van der Waals surface area contributed by atoms with Gasteiger partial charge in [-0.2, -0.15) is 25.5 Å². The molecule has 7 aromatic carbocycles. The van der Waals surface area contributed by atoms with Gasteiger partial charge in [-0.05, 0) is 87.3 Å². The van der Waals surface area contributed by atoms with Crippen molar-refractivity contribution in [1.82, 2.24) is 29.9 Å². The Balaban J connectivity index is 0.000000170. The van der Waals surface area contributed by atoms with Crippen LogP contribution in [0, 0.1) is 29.2 Å². The third-order valence-electron chi connectivity index (χ3n) is 9.58. The first kappa shape index (κ1) is 44.6. The molecule has 0 aliphatic heterocycles. The van der Waals surface area contributed by atoms with Crippen LogP contribution in [0.2, 0.25) is 10.6 Å². The van der Waals surface area contributed by atoms with E-state index in [1.165, 1.54) is 24.3 Å². The maximum atomic E-state index is 9.12. The van der Waals surface area contributed by atoms with E-state index in [1.807, 2.05) is 103 Å². The van der Waals surface area contributed by atoms with Crippen LogP contribution < -0.4 is 5.46 Å². The molecule has 0 saturated heterocycles. The second-order valence-electron chi connectivity index (χ2n) is 13.8. The van der Waals surface area contributed by atoms with Gasteiger partial charge < -0.3 is 10.0 Å². The fraction of sp³-hybridized carbons (Fsp3) is 0. The Labute approximate surface area is 385 Å². The fourth-order valence-corrected chi connectivity index (χ4v) is 6.58. The van der Waals surface area contributed by atoms with E-state index in [4.69, 9.17) is 65.3 Å². The minimum atomic E-state index is -1.46. The van der Waals surface area contributed by atoms with Gasteiger partial charge in [-0.15, -0.1) is 0 Å². The molecule has 0 bridgehead atoms. The first-order chi connectivity index (χ1) is 31.7. The number of nitriles is 2. The van der Waals surface area contributed by atoms with E-state index >= 15 is 0 Å². The van der Waals surface area contributed by atoms with Crippen molar-refractivity contribution in [1.29, 1.82) is 10.5 Å². The molecule has 11 nitrogen and oxygen atoms in total. The standard InChI is InChI=1S/C29H17N5.C15H9Cl2N3.C7H6BNO2/c1-31-26-17-15-25(16-18-26)29-33-27(23-9-7-20(19-30)8-10-23)32-28(34-29)24-13-11-22(12-14-24)21-5-3-2-4-6-21;16-14-18-13(19-15(17)20-14)12-8-6-11(7-9-12)10-4-2-1-3-5-10;9-5-6-1-3-7(4-2-6)8(10)11/h2-18H;1-9H;1-4,10-11H. The Hall–Kier alpha value is -8.41. The van der Waals surface area contributed by atoms with Crippen molar-refractivity contribution in [2.24, 2.45) is 0 Å². The molecular formula is C51H32BCl2N9O2. The maximum Gasteiger partial charge on any atom is 0.488 e. The van der Waals surface area contributed by atoms with Crippen LogP contribution in [0.3, 0.4) is 0 Å². The van der Waals surface area contributed by atoms with E-state index in [9.17, 15) is 0 Å². The average molecular weight is 885 g/mol. The normalized spacial score (nSPS) is 10.1. The van der Waals surface area contributed by atoms with Crippen molar-refractivity contribution in [2.45, 2.75) is 0 Å². The summed E-state index contributed by atoms with van der Waals surface area (Å²) in [6.07, 6.45) is 0. The monoisotopic (exact) mass is 883 g/mol. The van der Waals surface area contributed by atoms with Crippen LogP contribution in [0.5, 0.6) is 0 Å². The summed E-state index contributed by atoms with van der Waals surface area (Å²) in [4.78, 5) is 29.5. The summed E-state index contributed by atoms with van der Waals surface area (Å²) < 4.78 is 0. The lowest BCUT2D eigenvalue weighted by atomic mass is 9.80. The minimum absolute atomic E-state index is 0.0899. The Kier molecular flexibility index (Phi) is 14.8. The van der Waals surface area contributed by atoms with Gasteiger partial charge >= 0.3 is 7.12 Å². The summed E-state index contributed by atoms with van der Waals surface area (Å²) in [5.74, 6) is 2.06. The summed E-state index contributed by atoms with van der Waals surface area (Å²) in [6.45, 7) is 7.19. The van der Waals surface area contributed by atoms with E-state index in [0.717, 1.165) is 44.5 Å². The molecule has 2 N–H and O–H groups in total. The molecule has 310 valence electrons. The smallest absolute Gasteiger partial charge is 0.423 e. The summed E-state index contributed by atoms with van der Waals surface area (Å²) in [5.41, 5.74) is 9.88. The highest BCUT2D eigenvalue weighted by atomic mass is 35.5. The first-order valence-corrected chi connectivity index (χ1v) is 20.4. The second kappa shape index (κ2) is 21.6. The van der Waals surface area contributed by atoms with Gasteiger partial charge in [0, 0.05) is 22.3 Å². The van der Waals surface area contributed by atoms with Crippen molar-refractivity contribution < 1.29 is 10.0 Å². The van der Waals surface area contributed by atoms with E-state index in [1.54, 1.807) is 24.3 Å². The molecule has 0 atom stereocenters. The van der Waals surface area contributed by atoms with Crippen LogP contribution in [-0.4, -0.2) is 47.1 Å². The van der Waals surface area contributed by atoms with Crippen LogP contribution in [0.1, 0.15) is 11.1 Å². The van der Waals surface area contributed by atoms with Crippen LogP contribution in [0.25, 0.3) is 72.7 Å². The van der Waals surface area contributed by atoms with Crippen LogP contribution >= 0.6 is 23.2 Å². The van der Waals surface area contributed by atoms with Crippen LogP contribution in [0.4, 0.5) is 5.69 Å². The highest BCUT2D eigenvalue weighted by Gasteiger charge is 2.14. The summed E-state index contributed by atoms with van der Waals surface area (Å²) in [5, 5.41) is 35.0. The number of benzene rings is 7. The lowest BCUT2D eigenvalue weighted by Crippen LogP contribution is -2.29. The van der Waals surface area contributed by atoms with Crippen molar-refractivity contribution in [2.75, 3.05) is 0 Å². The molecule has 14 heteroatoms. The van der Waals surface area contributed by atoms with Gasteiger partial charge in [0.2, 0.25) is 10.6 Å². The first-order valence-electron chi connectivity index (χ1n) is 19.7. The van der Waals surface area contributed by atoms with Gasteiger partial charge in [-0.25, -0.2) is 19.8 Å². The Morgan fingerprint density at radius 2 is 0.708 bits per heavy atom. The molecule has 0 radical (unpaired) electrons. The number of aromatic nitrogens is 6. The SMILES string of the molecule is Clc1nc(Cl)nc(-c2ccc(-c3ccccc3)cc2)n1.N#Cc1ccc(B(O)O)cc1.[C-]#[N+]c1ccc(-c2nc(-c3ccc(C#N)cc3)nc(-c3ccc(-c4ccccc4)cc3)n2)cc1. The van der Waals surface area contributed by atoms with Crippen molar-refractivity contribution in [3.63, 3.8) is 0 Å². The van der Waals surface area contributed by atoms with Gasteiger partial charge in [-0.3, -0.25) is 0 Å². The molecule has 0 amide bonds. The van der Waals surface area contributed by atoms with Crippen molar-refractivity contribution in [3.8, 4) is 79.9 Å². The molecule has 0 fully saturated rings. The third-order valence-corrected chi connectivity index (χ3v) is 9.92. The van der Waals surface area contributed by atoms with Gasteiger partial charge in [0.1, 0.15) is 0 Å². The Morgan fingerprint density at radius 3 is 1.06 bits per heavy atom. The Bertz CT molecular complexity index is 3050. The number of nitrogens with zero attached hydrogens (tertiary/aromatic N) is 9. The Morgan fingerprint density at radius 1 is 0.400 bits per heavy atom. The molecule has 2 aromatic heterocycles. The fourth-order valence-electron chi connectivity index (χ4n) is 6.21. The molecule has 0 spiro atoms. The number of rotatable bonds is 7. The number of hydrogen-bond donors (Lipinski definition) is 2. The van der Waals surface area contributed by atoms with E-state index in [-0.39, 0.29) is 10.6 Å². The molecule has 0 aliphatic rings. The van der Waals surface area contributed by atoms with Crippen LogP contribution in [0.15, 0.2) is 182 Å². The predicted octanol–water partition coefficient (Wildman–Crippen LogP) is 10.7. The number of halogens is 2. The molecular weight excluding hydrogens is 852 g/mol. The largest absolute Gasteiger partial charge is 0.488 e. The minimum Gasteiger partial charge on any atom is -0.423 e. The summed E-state index contributed by atoms with van der Waals surface area (Å²) in [6, 6.07) is 60.8. The highest BCUT2D eigenvalue weighted by molar-refractivity contribution is 6.58. The third kappa shape index (κ3) is 12.0. The average Bonchev–Trinajstić information content (AvgIpc) is 3.37. The molecule has 0 saturated carbocycles. The summed E-state index contributed by atoms with van der Waals surface area (Å²) >= 11 is 11.6. The molecule has 65 heavy (non-hydrogen) atoms. The van der Waals surface area contributed by atoms with Crippen molar-refractivity contribution in [3.05, 3.63) is 215 Å². The van der Waals surface area contributed by atoms with Gasteiger partial charge in [0.25, 0.3) is 0 Å². The van der Waals surface area contributed by atoms with E-state index < -0.39 is 7.12 Å². The highest BCUT2D eigenvalue weighted by Crippen LogP contribution is 2.29. The van der Waals surface area contributed by atoms with E-state index in [0.29, 0.717) is 45.6 Å². The zero-order valence-electron chi connectivity index (χ0n) is 34.1. The molecule has 0 unspecified atom stereocenters. The van der Waals surface area contributed by atoms with Crippen molar-refractivity contribution >= 4 is 41.5 Å². The molecule has 0 aliphatic carbocycles. The molecule has 2 heterocycles. The lowest BCUT2D eigenvalue weighted by molar-refractivity contribution is 0.426. The maximum absolute atomic E-state index is 9.12.